The molecule has 2 aliphatic heterocycles. The highest BCUT2D eigenvalue weighted by atomic mass is 32.2. The van der Waals surface area contributed by atoms with E-state index < -0.39 is 0 Å². The van der Waals surface area contributed by atoms with Gasteiger partial charge in [0, 0.05) is 12.0 Å². The number of rotatable bonds is 0. The Labute approximate surface area is 77.5 Å². The lowest BCUT2D eigenvalue weighted by molar-refractivity contribution is -0.125. The highest BCUT2D eigenvalue weighted by molar-refractivity contribution is 7.99. The van der Waals surface area contributed by atoms with Crippen LogP contribution in [-0.2, 0) is 4.79 Å². The van der Waals surface area contributed by atoms with Gasteiger partial charge >= 0.3 is 0 Å². The average Bonchev–Trinajstić information content (AvgIpc) is 2.05. The molecule has 0 saturated carbocycles. The molecular formula is C9H15NOS. The van der Waals surface area contributed by atoms with Crippen molar-refractivity contribution in [1.29, 1.82) is 0 Å². The van der Waals surface area contributed by atoms with Crippen molar-refractivity contribution in [3.63, 3.8) is 0 Å². The zero-order chi connectivity index (χ0) is 8.44. The van der Waals surface area contributed by atoms with Gasteiger partial charge < -0.3 is 5.32 Å². The number of hydrogen-bond donors (Lipinski definition) is 1. The van der Waals surface area contributed by atoms with E-state index in [1.54, 1.807) is 0 Å². The van der Waals surface area contributed by atoms with E-state index in [0.29, 0.717) is 0 Å². The summed E-state index contributed by atoms with van der Waals surface area (Å²) in [5.74, 6) is 2.72. The van der Waals surface area contributed by atoms with Crippen LogP contribution in [0.1, 0.15) is 32.1 Å². The second-order valence-corrected chi connectivity index (χ2v) is 5.02. The SMILES string of the molecule is O=C1CCCC2(CCSCC2)N1. The minimum Gasteiger partial charge on any atom is -0.351 e. The molecule has 2 saturated heterocycles. The molecule has 12 heavy (non-hydrogen) atoms. The van der Waals surface area contributed by atoms with Crippen molar-refractivity contribution >= 4 is 17.7 Å². The third kappa shape index (κ3) is 1.60. The third-order valence-electron chi connectivity index (χ3n) is 2.91. The van der Waals surface area contributed by atoms with E-state index in [1.165, 1.54) is 30.8 Å². The highest BCUT2D eigenvalue weighted by Gasteiger charge is 2.35. The number of nitrogens with one attached hydrogen (secondary N) is 1. The largest absolute Gasteiger partial charge is 0.351 e. The van der Waals surface area contributed by atoms with Gasteiger partial charge in [-0.3, -0.25) is 4.79 Å². The molecule has 2 heterocycles. The van der Waals surface area contributed by atoms with Crippen molar-refractivity contribution in [2.24, 2.45) is 0 Å². The molecule has 1 spiro atoms. The normalized spacial score (nSPS) is 28.5. The molecular weight excluding hydrogens is 170 g/mol. The Morgan fingerprint density at radius 1 is 1.25 bits per heavy atom. The second-order valence-electron chi connectivity index (χ2n) is 3.79. The van der Waals surface area contributed by atoms with E-state index in [4.69, 9.17) is 0 Å². The molecule has 0 atom stereocenters. The molecule has 2 nitrogen and oxygen atoms in total. The summed E-state index contributed by atoms with van der Waals surface area (Å²) in [5, 5.41) is 3.18. The summed E-state index contributed by atoms with van der Waals surface area (Å²) in [5.41, 5.74) is 0.209. The number of carbonyl (C=O) groups is 1. The van der Waals surface area contributed by atoms with Crippen LogP contribution in [0.3, 0.4) is 0 Å². The number of carbonyl (C=O) groups excluding carboxylic acids is 1. The first-order chi connectivity index (χ1) is 5.81. The Balaban J connectivity index is 2.02. The molecule has 0 aromatic carbocycles. The first-order valence-electron chi connectivity index (χ1n) is 4.70. The summed E-state index contributed by atoms with van der Waals surface area (Å²) >= 11 is 2.01. The molecule has 68 valence electrons. The maximum absolute atomic E-state index is 11.2. The van der Waals surface area contributed by atoms with Gasteiger partial charge in [-0.05, 0) is 37.2 Å². The van der Waals surface area contributed by atoms with Crippen molar-refractivity contribution < 1.29 is 4.79 Å². The van der Waals surface area contributed by atoms with Crippen LogP contribution < -0.4 is 5.32 Å². The summed E-state index contributed by atoms with van der Waals surface area (Å²) in [6.45, 7) is 0. The van der Waals surface area contributed by atoms with Gasteiger partial charge in [0.2, 0.25) is 5.91 Å². The monoisotopic (exact) mass is 185 g/mol. The van der Waals surface area contributed by atoms with Gasteiger partial charge in [-0.25, -0.2) is 0 Å². The highest BCUT2D eigenvalue weighted by Crippen LogP contribution is 2.33. The van der Waals surface area contributed by atoms with Crippen LogP contribution >= 0.6 is 11.8 Å². The van der Waals surface area contributed by atoms with E-state index in [0.717, 1.165) is 12.8 Å². The number of hydrogen-bond acceptors (Lipinski definition) is 2. The smallest absolute Gasteiger partial charge is 0.220 e. The molecule has 0 unspecified atom stereocenters. The fraction of sp³-hybridized carbons (Fsp3) is 0.889. The van der Waals surface area contributed by atoms with Crippen LogP contribution in [0.5, 0.6) is 0 Å². The van der Waals surface area contributed by atoms with Gasteiger partial charge in [0.15, 0.2) is 0 Å². The Hall–Kier alpha value is -0.180. The standard InChI is InChI=1S/C9H15NOS/c11-8-2-1-3-9(10-8)4-6-12-7-5-9/h1-7H2,(H,10,11). The van der Waals surface area contributed by atoms with E-state index >= 15 is 0 Å². The van der Waals surface area contributed by atoms with E-state index in [9.17, 15) is 4.79 Å². The molecule has 1 amide bonds. The molecule has 1 N–H and O–H groups in total. The minimum absolute atomic E-state index is 0.209. The Bertz CT molecular complexity index is 181. The van der Waals surface area contributed by atoms with E-state index in [2.05, 4.69) is 5.32 Å². The fourth-order valence-corrected chi connectivity index (χ4v) is 3.42. The van der Waals surface area contributed by atoms with Crippen molar-refractivity contribution in [3.05, 3.63) is 0 Å². The topological polar surface area (TPSA) is 29.1 Å². The zero-order valence-electron chi connectivity index (χ0n) is 7.27. The Kier molecular flexibility index (Phi) is 2.31. The van der Waals surface area contributed by atoms with Crippen molar-refractivity contribution in [3.8, 4) is 0 Å². The van der Waals surface area contributed by atoms with Gasteiger partial charge in [-0.1, -0.05) is 0 Å². The second kappa shape index (κ2) is 3.29. The predicted molar refractivity (Wildman–Crippen MR) is 51.3 cm³/mol. The maximum atomic E-state index is 11.2. The van der Waals surface area contributed by atoms with Crippen LogP contribution in [0, 0.1) is 0 Å². The Morgan fingerprint density at radius 2 is 2.00 bits per heavy atom. The lowest BCUT2D eigenvalue weighted by atomic mass is 9.83. The van der Waals surface area contributed by atoms with Gasteiger partial charge in [-0.15, -0.1) is 0 Å². The molecule has 0 radical (unpaired) electrons. The lowest BCUT2D eigenvalue weighted by Crippen LogP contribution is -2.53. The van der Waals surface area contributed by atoms with Crippen molar-refractivity contribution in [2.45, 2.75) is 37.6 Å². The fourth-order valence-electron chi connectivity index (χ4n) is 2.15. The number of amides is 1. The minimum atomic E-state index is 0.209. The summed E-state index contributed by atoms with van der Waals surface area (Å²) in [6.07, 6.45) is 5.41. The van der Waals surface area contributed by atoms with Crippen molar-refractivity contribution in [2.75, 3.05) is 11.5 Å². The molecule has 0 aromatic rings. The quantitative estimate of drug-likeness (QED) is 0.620. The molecule has 2 aliphatic rings. The third-order valence-corrected chi connectivity index (χ3v) is 3.90. The maximum Gasteiger partial charge on any atom is 0.220 e. The molecule has 3 heteroatoms. The van der Waals surface area contributed by atoms with Gasteiger partial charge in [0.1, 0.15) is 0 Å². The van der Waals surface area contributed by atoms with Gasteiger partial charge in [0.25, 0.3) is 0 Å². The molecule has 0 bridgehead atoms. The molecule has 2 fully saturated rings. The average molecular weight is 185 g/mol. The summed E-state index contributed by atoms with van der Waals surface area (Å²) < 4.78 is 0. The molecule has 0 aliphatic carbocycles. The molecule has 0 aromatic heterocycles. The van der Waals surface area contributed by atoms with Crippen molar-refractivity contribution in [1.82, 2.24) is 5.32 Å². The van der Waals surface area contributed by atoms with Crippen LogP contribution in [0.4, 0.5) is 0 Å². The Morgan fingerprint density at radius 3 is 2.67 bits per heavy atom. The van der Waals surface area contributed by atoms with E-state index in [-0.39, 0.29) is 11.4 Å². The number of thioether (sulfide) groups is 1. The first-order valence-corrected chi connectivity index (χ1v) is 5.85. The van der Waals surface area contributed by atoms with Gasteiger partial charge in [-0.2, -0.15) is 11.8 Å². The molecule has 2 rings (SSSR count). The lowest BCUT2D eigenvalue weighted by Gasteiger charge is -2.40. The van der Waals surface area contributed by atoms with Crippen LogP contribution in [0.25, 0.3) is 0 Å². The van der Waals surface area contributed by atoms with E-state index in [1.807, 2.05) is 11.8 Å². The zero-order valence-corrected chi connectivity index (χ0v) is 8.08. The summed E-state index contributed by atoms with van der Waals surface area (Å²) in [4.78, 5) is 11.2. The summed E-state index contributed by atoms with van der Waals surface area (Å²) in [6, 6.07) is 0. The number of piperidine rings is 1. The van der Waals surface area contributed by atoms with Crippen LogP contribution in [0.15, 0.2) is 0 Å². The van der Waals surface area contributed by atoms with Gasteiger partial charge in [0.05, 0.1) is 0 Å². The first kappa shape index (κ1) is 8.42. The summed E-state index contributed by atoms with van der Waals surface area (Å²) in [7, 11) is 0. The predicted octanol–water partition coefficient (Wildman–Crippen LogP) is 1.55. The van der Waals surface area contributed by atoms with Crippen LogP contribution in [-0.4, -0.2) is 23.0 Å². The van der Waals surface area contributed by atoms with Crippen LogP contribution in [0.2, 0.25) is 0 Å².